The molecule has 10 heteroatoms. The summed E-state index contributed by atoms with van der Waals surface area (Å²) in [6.45, 7) is 6.68. The van der Waals surface area contributed by atoms with E-state index >= 15 is 0 Å². The van der Waals surface area contributed by atoms with Crippen molar-refractivity contribution in [2.45, 2.75) is 51.2 Å². The molecule has 1 saturated heterocycles. The van der Waals surface area contributed by atoms with Crippen molar-refractivity contribution in [2.24, 2.45) is 0 Å². The summed E-state index contributed by atoms with van der Waals surface area (Å²) in [4.78, 5) is 28.1. The minimum absolute atomic E-state index is 0.00357. The van der Waals surface area contributed by atoms with Crippen molar-refractivity contribution in [3.63, 3.8) is 0 Å². The fraction of sp³-hybridized carbons (Fsp3) is 0.351. The Hall–Kier alpha value is -4.80. The lowest BCUT2D eigenvalue weighted by atomic mass is 9.90. The highest BCUT2D eigenvalue weighted by Crippen LogP contribution is 2.37. The summed E-state index contributed by atoms with van der Waals surface area (Å²) >= 11 is 0. The minimum atomic E-state index is -0.00357. The Morgan fingerprint density at radius 3 is 2.15 bits per heavy atom. The van der Waals surface area contributed by atoms with Crippen LogP contribution in [-0.2, 0) is 11.3 Å². The number of nitrogens with two attached hydrogens (primary N) is 1. The van der Waals surface area contributed by atoms with E-state index < -0.39 is 0 Å². The molecule has 3 aromatic carbocycles. The highest BCUT2D eigenvalue weighted by atomic mass is 16.5. The summed E-state index contributed by atoms with van der Waals surface area (Å²) in [5.41, 5.74) is 10.9. The molecule has 242 valence electrons. The largest absolute Gasteiger partial charge is 0.457 e. The van der Waals surface area contributed by atoms with Gasteiger partial charge in [-0.25, -0.2) is 14.6 Å². The van der Waals surface area contributed by atoms with E-state index in [0.29, 0.717) is 24.2 Å². The van der Waals surface area contributed by atoms with Crippen LogP contribution in [0.5, 0.6) is 11.5 Å². The number of carbonyl (C=O) groups excluding carboxylic acids is 1. The zero-order valence-corrected chi connectivity index (χ0v) is 27.1. The molecule has 0 bridgehead atoms. The molecule has 2 aromatic heterocycles. The third-order valence-electron chi connectivity index (χ3n) is 9.66. The van der Waals surface area contributed by atoms with Crippen LogP contribution in [0.2, 0.25) is 0 Å². The van der Waals surface area contributed by atoms with Gasteiger partial charge in [-0.3, -0.25) is 9.69 Å². The number of fused-ring (bicyclic) bond motifs is 1. The van der Waals surface area contributed by atoms with Crippen LogP contribution in [0, 0.1) is 0 Å². The van der Waals surface area contributed by atoms with Gasteiger partial charge >= 0.3 is 0 Å². The molecule has 5 aromatic rings. The van der Waals surface area contributed by atoms with Crippen molar-refractivity contribution in [3.8, 4) is 22.8 Å². The second kappa shape index (κ2) is 13.5. The van der Waals surface area contributed by atoms with Crippen LogP contribution in [0.3, 0.4) is 0 Å². The van der Waals surface area contributed by atoms with Crippen LogP contribution in [0.1, 0.15) is 44.2 Å². The molecule has 1 aliphatic carbocycles. The number of likely N-dealkylation sites (N-methyl/N-ethyl adjacent to an activating group) is 1. The third kappa shape index (κ3) is 6.70. The maximum Gasteiger partial charge on any atom is 0.224 e. The summed E-state index contributed by atoms with van der Waals surface area (Å²) in [6, 6.07) is 26.4. The van der Waals surface area contributed by atoms with Gasteiger partial charge < -0.3 is 20.3 Å². The Balaban J connectivity index is 1.04. The SMILES string of the molecule is CC(=O)N(Cc1ccc(Oc2ccc(-c3nn(C4CCC(N5CCN(C)CC5)CC4)c4ncnc(N)c34)cc2)cc1)c1ccccc1. The lowest BCUT2D eigenvalue weighted by Gasteiger charge is -2.41. The first-order valence-corrected chi connectivity index (χ1v) is 16.5. The van der Waals surface area contributed by atoms with E-state index in [4.69, 9.17) is 15.6 Å². The van der Waals surface area contributed by atoms with Gasteiger partial charge in [0.05, 0.1) is 18.0 Å². The quantitative estimate of drug-likeness (QED) is 0.218. The molecule has 10 nitrogen and oxygen atoms in total. The number of hydrogen-bond donors (Lipinski definition) is 1. The first kappa shape index (κ1) is 30.8. The summed E-state index contributed by atoms with van der Waals surface area (Å²) in [6.07, 6.45) is 6.02. The van der Waals surface area contributed by atoms with Gasteiger partial charge in [0.15, 0.2) is 5.65 Å². The van der Waals surface area contributed by atoms with E-state index in [0.717, 1.165) is 78.3 Å². The van der Waals surface area contributed by atoms with Crippen molar-refractivity contribution in [3.05, 3.63) is 90.8 Å². The summed E-state index contributed by atoms with van der Waals surface area (Å²) < 4.78 is 8.27. The molecule has 3 heterocycles. The van der Waals surface area contributed by atoms with Gasteiger partial charge in [-0.05, 0) is 86.8 Å². The standard InChI is InChI=1S/C37H42N8O2/c1-26(46)44(30-6-4-3-5-7-30)24-27-8-16-32(17-9-27)47-33-18-10-28(11-19-33)35-34-36(38)39-25-40-37(34)45(41-35)31-14-12-29(13-15-31)43-22-20-42(2)21-23-43/h3-11,16-19,25,29,31H,12-15,20-24H2,1-2H3,(H2,38,39,40). The molecule has 7 rings (SSSR count). The predicted molar refractivity (Wildman–Crippen MR) is 185 cm³/mol. The highest BCUT2D eigenvalue weighted by Gasteiger charge is 2.30. The Bertz CT molecular complexity index is 1810. The van der Waals surface area contributed by atoms with E-state index in [1.54, 1.807) is 11.8 Å². The predicted octanol–water partition coefficient (Wildman–Crippen LogP) is 6.15. The third-order valence-corrected chi connectivity index (χ3v) is 9.66. The van der Waals surface area contributed by atoms with Crippen molar-refractivity contribution < 1.29 is 9.53 Å². The zero-order chi connectivity index (χ0) is 32.3. The van der Waals surface area contributed by atoms with Crippen molar-refractivity contribution >= 4 is 28.4 Å². The molecular weight excluding hydrogens is 588 g/mol. The number of hydrogen-bond acceptors (Lipinski definition) is 8. The second-order valence-electron chi connectivity index (χ2n) is 12.8. The number of rotatable bonds is 8. The van der Waals surface area contributed by atoms with Crippen molar-refractivity contribution in [1.82, 2.24) is 29.5 Å². The maximum atomic E-state index is 12.3. The van der Waals surface area contributed by atoms with Crippen LogP contribution in [0.4, 0.5) is 11.5 Å². The molecular formula is C37H42N8O2. The molecule has 1 saturated carbocycles. The number of nitrogens with zero attached hydrogens (tertiary/aromatic N) is 7. The number of para-hydroxylation sites is 1. The topological polar surface area (TPSA) is 106 Å². The maximum absolute atomic E-state index is 12.3. The van der Waals surface area contributed by atoms with Crippen molar-refractivity contribution in [1.29, 1.82) is 0 Å². The second-order valence-corrected chi connectivity index (χ2v) is 12.8. The van der Waals surface area contributed by atoms with Gasteiger partial charge in [0.2, 0.25) is 5.91 Å². The summed E-state index contributed by atoms with van der Waals surface area (Å²) in [5.74, 6) is 1.87. The monoisotopic (exact) mass is 630 g/mol. The van der Waals surface area contributed by atoms with E-state index in [1.807, 2.05) is 78.9 Å². The molecule has 1 aliphatic heterocycles. The van der Waals surface area contributed by atoms with E-state index in [1.165, 1.54) is 19.2 Å². The number of ether oxygens (including phenoxy) is 1. The van der Waals surface area contributed by atoms with E-state index in [-0.39, 0.29) is 11.9 Å². The van der Waals surface area contributed by atoms with Crippen LogP contribution in [-0.4, -0.2) is 74.7 Å². The van der Waals surface area contributed by atoms with Crippen LogP contribution in [0.25, 0.3) is 22.3 Å². The number of benzene rings is 3. The molecule has 2 fully saturated rings. The highest BCUT2D eigenvalue weighted by molar-refractivity contribution is 5.98. The summed E-state index contributed by atoms with van der Waals surface area (Å²) in [5, 5.41) is 5.92. The fourth-order valence-electron chi connectivity index (χ4n) is 6.96. The fourth-order valence-corrected chi connectivity index (χ4v) is 6.96. The zero-order valence-electron chi connectivity index (χ0n) is 27.1. The van der Waals surface area contributed by atoms with Crippen molar-refractivity contribution in [2.75, 3.05) is 43.9 Å². The molecule has 2 N–H and O–H groups in total. The molecule has 1 amide bonds. The molecule has 0 atom stereocenters. The number of aromatic nitrogens is 4. The molecule has 2 aliphatic rings. The summed E-state index contributed by atoms with van der Waals surface area (Å²) in [7, 11) is 2.21. The first-order valence-electron chi connectivity index (χ1n) is 16.5. The van der Waals surface area contributed by atoms with Gasteiger partial charge in [0, 0.05) is 50.4 Å². The Morgan fingerprint density at radius 1 is 0.851 bits per heavy atom. The average Bonchev–Trinajstić information content (AvgIpc) is 3.50. The number of carbonyl (C=O) groups is 1. The number of amides is 1. The smallest absolute Gasteiger partial charge is 0.224 e. The van der Waals surface area contributed by atoms with Crippen LogP contribution in [0.15, 0.2) is 85.2 Å². The van der Waals surface area contributed by atoms with Gasteiger partial charge in [0.1, 0.15) is 29.3 Å². The number of anilines is 2. The van der Waals surface area contributed by atoms with E-state index in [2.05, 4.69) is 31.5 Å². The minimum Gasteiger partial charge on any atom is -0.457 e. The van der Waals surface area contributed by atoms with Gasteiger partial charge in [-0.1, -0.05) is 30.3 Å². The Kier molecular flexibility index (Phi) is 8.86. The molecule has 0 spiro atoms. The Labute approximate surface area is 275 Å². The number of nitrogen functional groups attached to an aromatic ring is 1. The first-order chi connectivity index (χ1) is 22.9. The molecule has 0 unspecified atom stereocenters. The lowest BCUT2D eigenvalue weighted by Crippen LogP contribution is -2.49. The normalized spacial score (nSPS) is 19.1. The van der Waals surface area contributed by atoms with Crippen LogP contribution >= 0.6 is 0 Å². The lowest BCUT2D eigenvalue weighted by molar-refractivity contribution is -0.116. The molecule has 0 radical (unpaired) electrons. The van der Waals surface area contributed by atoms with E-state index in [9.17, 15) is 4.79 Å². The van der Waals surface area contributed by atoms with Gasteiger partial charge in [0.25, 0.3) is 0 Å². The van der Waals surface area contributed by atoms with Gasteiger partial charge in [-0.2, -0.15) is 5.10 Å². The number of piperazine rings is 1. The average molecular weight is 631 g/mol. The Morgan fingerprint density at radius 2 is 1.49 bits per heavy atom. The van der Waals surface area contributed by atoms with Gasteiger partial charge in [-0.15, -0.1) is 0 Å². The molecule has 47 heavy (non-hydrogen) atoms. The van der Waals surface area contributed by atoms with Crippen LogP contribution < -0.4 is 15.4 Å².